The van der Waals surface area contributed by atoms with Gasteiger partial charge in [0.25, 0.3) is 5.91 Å². The number of amides is 1. The van der Waals surface area contributed by atoms with Crippen molar-refractivity contribution in [3.05, 3.63) is 77.3 Å². The number of nitrogens with one attached hydrogen (secondary N) is 1. The van der Waals surface area contributed by atoms with Crippen molar-refractivity contribution in [3.63, 3.8) is 0 Å². The van der Waals surface area contributed by atoms with Gasteiger partial charge in [-0.1, -0.05) is 11.6 Å². The van der Waals surface area contributed by atoms with Crippen LogP contribution in [-0.4, -0.2) is 24.6 Å². The normalized spacial score (nSPS) is 10.8. The number of furan rings is 1. The third-order valence-electron chi connectivity index (χ3n) is 4.74. The van der Waals surface area contributed by atoms with E-state index in [2.05, 4.69) is 10.3 Å². The Morgan fingerprint density at radius 3 is 2.77 bits per heavy atom. The van der Waals surface area contributed by atoms with E-state index >= 15 is 0 Å². The summed E-state index contributed by atoms with van der Waals surface area (Å²) in [6.45, 7) is 0.402. The van der Waals surface area contributed by atoms with Crippen molar-refractivity contribution in [2.45, 2.75) is 6.42 Å². The number of hydrogen-bond donors (Lipinski definition) is 2. The Morgan fingerprint density at radius 1 is 1.16 bits per heavy atom. The number of hydrogen-bond acceptors (Lipinski definition) is 6. The fourth-order valence-electron chi connectivity index (χ4n) is 3.20. The summed E-state index contributed by atoms with van der Waals surface area (Å²) in [7, 11) is 1.58. The van der Waals surface area contributed by atoms with Crippen molar-refractivity contribution in [3.8, 4) is 11.5 Å². The summed E-state index contributed by atoms with van der Waals surface area (Å²) < 4.78 is 16.8. The Kier molecular flexibility index (Phi) is 5.95. The summed E-state index contributed by atoms with van der Waals surface area (Å²) >= 11 is 6.22. The lowest BCUT2D eigenvalue weighted by Gasteiger charge is -2.12. The van der Waals surface area contributed by atoms with Crippen LogP contribution in [0.1, 0.15) is 16.1 Å². The standard InChI is InChI=1S/C23H20ClN3O4/c1-29-20-4-2-15(13-17(20)24)27-18-3-5-21(22-16(18)8-11-31-22)30-10-7-14-6-9-26-19(12-14)23(25)28/h2-6,8-9,11-13,27H,7,10H2,1H3,(H2,25,28). The number of anilines is 2. The van der Waals surface area contributed by atoms with Crippen LogP contribution in [0.4, 0.5) is 11.4 Å². The van der Waals surface area contributed by atoms with Gasteiger partial charge in [-0.3, -0.25) is 9.78 Å². The zero-order chi connectivity index (χ0) is 21.8. The van der Waals surface area contributed by atoms with Crippen LogP contribution in [0.15, 0.2) is 65.4 Å². The second-order valence-corrected chi connectivity index (χ2v) is 7.17. The zero-order valence-electron chi connectivity index (χ0n) is 16.7. The molecule has 8 heteroatoms. The number of carbonyl (C=O) groups is 1. The molecule has 1 amide bonds. The molecule has 0 saturated heterocycles. The molecule has 31 heavy (non-hydrogen) atoms. The molecule has 0 atom stereocenters. The molecule has 4 aromatic rings. The molecule has 0 fully saturated rings. The van der Waals surface area contributed by atoms with Crippen LogP contribution in [0.3, 0.4) is 0 Å². The highest BCUT2D eigenvalue weighted by Gasteiger charge is 2.12. The van der Waals surface area contributed by atoms with Crippen LogP contribution in [0, 0.1) is 0 Å². The average molecular weight is 438 g/mol. The highest BCUT2D eigenvalue weighted by Crippen LogP contribution is 2.35. The van der Waals surface area contributed by atoms with Gasteiger partial charge in [-0.05, 0) is 54.1 Å². The summed E-state index contributed by atoms with van der Waals surface area (Å²) in [5, 5.41) is 4.74. The van der Waals surface area contributed by atoms with Crippen LogP contribution >= 0.6 is 11.6 Å². The summed E-state index contributed by atoms with van der Waals surface area (Å²) in [6, 6.07) is 14.6. The van der Waals surface area contributed by atoms with Gasteiger partial charge in [-0.2, -0.15) is 0 Å². The summed E-state index contributed by atoms with van der Waals surface area (Å²) in [4.78, 5) is 15.2. The van der Waals surface area contributed by atoms with Gasteiger partial charge in [-0.15, -0.1) is 0 Å². The lowest BCUT2D eigenvalue weighted by Crippen LogP contribution is -2.13. The van der Waals surface area contributed by atoms with Gasteiger partial charge in [0.1, 0.15) is 11.4 Å². The van der Waals surface area contributed by atoms with Gasteiger partial charge in [-0.25, -0.2) is 0 Å². The molecule has 0 unspecified atom stereocenters. The highest BCUT2D eigenvalue weighted by molar-refractivity contribution is 6.32. The van der Waals surface area contributed by atoms with Gasteiger partial charge in [0, 0.05) is 29.4 Å². The van der Waals surface area contributed by atoms with Crippen molar-refractivity contribution >= 4 is 39.9 Å². The number of pyridine rings is 1. The maximum atomic E-state index is 11.3. The number of nitrogens with two attached hydrogens (primary N) is 1. The van der Waals surface area contributed by atoms with E-state index in [1.54, 1.807) is 37.8 Å². The monoisotopic (exact) mass is 437 g/mol. The first-order valence-corrected chi connectivity index (χ1v) is 9.91. The Morgan fingerprint density at radius 2 is 2.00 bits per heavy atom. The largest absolute Gasteiger partial charge is 0.495 e. The first-order valence-electron chi connectivity index (χ1n) is 9.53. The minimum atomic E-state index is -0.554. The summed E-state index contributed by atoms with van der Waals surface area (Å²) in [6.07, 6.45) is 3.77. The van der Waals surface area contributed by atoms with Crippen molar-refractivity contribution in [2.75, 3.05) is 19.0 Å². The summed E-state index contributed by atoms with van der Waals surface area (Å²) in [5.41, 5.74) is 8.75. The van der Waals surface area contributed by atoms with Crippen molar-refractivity contribution in [1.82, 2.24) is 4.98 Å². The topological polar surface area (TPSA) is 99.6 Å². The van der Waals surface area contributed by atoms with Gasteiger partial charge in [0.15, 0.2) is 11.3 Å². The molecule has 0 aliphatic rings. The Hall–Kier alpha value is -3.71. The molecule has 2 aromatic heterocycles. The molecule has 7 nitrogen and oxygen atoms in total. The minimum absolute atomic E-state index is 0.236. The van der Waals surface area contributed by atoms with Crippen LogP contribution < -0.4 is 20.5 Å². The molecule has 2 aromatic carbocycles. The van der Waals surface area contributed by atoms with Crippen LogP contribution in [0.25, 0.3) is 11.0 Å². The molecule has 0 aliphatic carbocycles. The number of methoxy groups -OCH3 is 1. The number of fused-ring (bicyclic) bond motifs is 1. The van der Waals surface area contributed by atoms with Crippen molar-refractivity contribution in [1.29, 1.82) is 0 Å². The maximum absolute atomic E-state index is 11.3. The van der Waals surface area contributed by atoms with Gasteiger partial charge in [0.2, 0.25) is 0 Å². The number of benzene rings is 2. The molecule has 4 rings (SSSR count). The first-order chi connectivity index (χ1) is 15.0. The molecule has 0 saturated carbocycles. The smallest absolute Gasteiger partial charge is 0.267 e. The average Bonchev–Trinajstić information content (AvgIpc) is 3.26. The Bertz CT molecular complexity index is 1240. The first kappa shape index (κ1) is 20.6. The molecule has 0 spiro atoms. The van der Waals surface area contributed by atoms with Gasteiger partial charge in [0.05, 0.1) is 25.0 Å². The molecule has 0 aliphatic heterocycles. The highest BCUT2D eigenvalue weighted by atomic mass is 35.5. The molecule has 2 heterocycles. The van der Waals surface area contributed by atoms with Gasteiger partial charge >= 0.3 is 0 Å². The van der Waals surface area contributed by atoms with E-state index in [1.165, 1.54) is 0 Å². The number of rotatable bonds is 8. The molecule has 3 N–H and O–H groups in total. The third kappa shape index (κ3) is 4.57. The van der Waals surface area contributed by atoms with Crippen LogP contribution in [0.5, 0.6) is 11.5 Å². The predicted molar refractivity (Wildman–Crippen MR) is 119 cm³/mol. The number of nitrogens with zero attached hydrogens (tertiary/aromatic N) is 1. The van der Waals surface area contributed by atoms with Gasteiger partial charge < -0.3 is 24.9 Å². The lowest BCUT2D eigenvalue weighted by atomic mass is 10.1. The fraction of sp³-hybridized carbons (Fsp3) is 0.130. The zero-order valence-corrected chi connectivity index (χ0v) is 17.5. The van der Waals surface area contributed by atoms with Crippen molar-refractivity contribution < 1.29 is 18.7 Å². The van der Waals surface area contributed by atoms with E-state index in [-0.39, 0.29) is 5.69 Å². The second-order valence-electron chi connectivity index (χ2n) is 6.76. The van der Waals surface area contributed by atoms with E-state index in [9.17, 15) is 4.79 Å². The van der Waals surface area contributed by atoms with E-state index in [4.69, 9.17) is 31.2 Å². The maximum Gasteiger partial charge on any atom is 0.267 e. The predicted octanol–water partition coefficient (Wildman–Crippen LogP) is 4.95. The number of carbonyl (C=O) groups excluding carboxylic acids is 1. The Labute approximate surface area is 183 Å². The quantitative estimate of drug-likeness (QED) is 0.404. The Balaban J connectivity index is 1.48. The minimum Gasteiger partial charge on any atom is -0.495 e. The number of ether oxygens (including phenoxy) is 2. The van der Waals surface area contributed by atoms with E-state index in [1.807, 2.05) is 30.3 Å². The third-order valence-corrected chi connectivity index (χ3v) is 5.03. The number of primary amides is 1. The fourth-order valence-corrected chi connectivity index (χ4v) is 3.46. The van der Waals surface area contributed by atoms with Crippen molar-refractivity contribution in [2.24, 2.45) is 5.73 Å². The van der Waals surface area contributed by atoms with E-state index < -0.39 is 5.91 Å². The molecule has 0 bridgehead atoms. The summed E-state index contributed by atoms with van der Waals surface area (Å²) in [5.74, 6) is 0.686. The number of aromatic nitrogens is 1. The molecule has 0 radical (unpaired) electrons. The lowest BCUT2D eigenvalue weighted by molar-refractivity contribution is 0.0995. The SMILES string of the molecule is COc1ccc(Nc2ccc(OCCc3ccnc(C(N)=O)c3)c3occc23)cc1Cl. The molecule has 158 valence electrons. The molecular formula is C23H20ClN3O4. The van der Waals surface area contributed by atoms with Crippen LogP contribution in [0.2, 0.25) is 5.02 Å². The molecular weight excluding hydrogens is 418 g/mol. The van der Waals surface area contributed by atoms with E-state index in [0.29, 0.717) is 35.1 Å². The number of halogens is 1. The van der Waals surface area contributed by atoms with E-state index in [0.717, 1.165) is 22.3 Å². The van der Waals surface area contributed by atoms with Crippen LogP contribution in [-0.2, 0) is 6.42 Å². The second kappa shape index (κ2) is 8.97.